The molecule has 2 atom stereocenters. The van der Waals surface area contributed by atoms with Gasteiger partial charge in [0.1, 0.15) is 0 Å². The van der Waals surface area contributed by atoms with Gasteiger partial charge in [-0.3, -0.25) is 0 Å². The smallest absolute Gasteiger partial charge is 0.0220 e. The molecule has 35 heavy (non-hydrogen) atoms. The molecule has 0 aromatic heterocycles. The first-order valence-electron chi connectivity index (χ1n) is 15.2. The molecule has 2 aromatic carbocycles. The van der Waals surface area contributed by atoms with E-state index in [0.717, 1.165) is 23.7 Å². The average Bonchev–Trinajstić information content (AvgIpc) is 3.10. The van der Waals surface area contributed by atoms with Crippen LogP contribution in [0.25, 0.3) is 11.1 Å². The van der Waals surface area contributed by atoms with Gasteiger partial charge in [-0.25, -0.2) is 0 Å². The highest BCUT2D eigenvalue weighted by Gasteiger charge is 2.45. The summed E-state index contributed by atoms with van der Waals surface area (Å²) in [5.74, 6) is 3.30. The Morgan fingerprint density at radius 2 is 1.31 bits per heavy atom. The van der Waals surface area contributed by atoms with Crippen LogP contribution in [0.4, 0.5) is 0 Å². The lowest BCUT2D eigenvalue weighted by atomic mass is 9.64. The van der Waals surface area contributed by atoms with Crippen molar-refractivity contribution >= 4 is 0 Å². The van der Waals surface area contributed by atoms with Crippen LogP contribution in [-0.2, 0) is 5.41 Å². The Bertz CT molecular complexity index is 942. The fourth-order valence-electron chi connectivity index (χ4n) is 7.45. The Kier molecular flexibility index (Phi) is 8.83. The molecule has 0 radical (unpaired) electrons. The van der Waals surface area contributed by atoms with Crippen molar-refractivity contribution in [3.63, 3.8) is 0 Å². The molecule has 2 aliphatic carbocycles. The van der Waals surface area contributed by atoms with E-state index in [9.17, 15) is 0 Å². The molecular formula is C35H52. The van der Waals surface area contributed by atoms with E-state index in [-0.39, 0.29) is 5.41 Å². The van der Waals surface area contributed by atoms with Gasteiger partial charge in [-0.1, -0.05) is 128 Å². The van der Waals surface area contributed by atoms with Crippen molar-refractivity contribution in [3.05, 3.63) is 58.7 Å². The maximum atomic E-state index is 2.71. The predicted molar refractivity (Wildman–Crippen MR) is 154 cm³/mol. The van der Waals surface area contributed by atoms with E-state index in [4.69, 9.17) is 0 Å². The minimum absolute atomic E-state index is 0.185. The third-order valence-corrected chi connectivity index (χ3v) is 9.75. The molecule has 2 aliphatic rings. The quantitative estimate of drug-likeness (QED) is 0.272. The van der Waals surface area contributed by atoms with E-state index in [1.54, 1.807) is 22.3 Å². The van der Waals surface area contributed by atoms with Crippen LogP contribution in [0.2, 0.25) is 0 Å². The summed E-state index contributed by atoms with van der Waals surface area (Å²) in [7, 11) is 0. The molecule has 0 spiro atoms. The van der Waals surface area contributed by atoms with Gasteiger partial charge in [0.25, 0.3) is 0 Å². The van der Waals surface area contributed by atoms with E-state index >= 15 is 0 Å². The molecule has 0 bridgehead atoms. The van der Waals surface area contributed by atoms with E-state index in [1.165, 1.54) is 88.2 Å². The predicted octanol–water partition coefficient (Wildman–Crippen LogP) is 11.0. The third kappa shape index (κ3) is 5.42. The molecule has 1 saturated carbocycles. The Balaban J connectivity index is 1.85. The van der Waals surface area contributed by atoms with Gasteiger partial charge in [-0.05, 0) is 84.1 Å². The minimum Gasteiger partial charge on any atom is -0.0654 e. The maximum absolute atomic E-state index is 2.71. The lowest BCUT2D eigenvalue weighted by Crippen LogP contribution is -2.32. The van der Waals surface area contributed by atoms with Crippen molar-refractivity contribution in [1.29, 1.82) is 0 Å². The molecule has 0 nitrogen and oxygen atoms in total. The van der Waals surface area contributed by atoms with Crippen LogP contribution in [0.5, 0.6) is 0 Å². The van der Waals surface area contributed by atoms with Crippen molar-refractivity contribution in [2.24, 2.45) is 17.8 Å². The van der Waals surface area contributed by atoms with Gasteiger partial charge >= 0.3 is 0 Å². The summed E-state index contributed by atoms with van der Waals surface area (Å²) in [5, 5.41) is 0. The molecule has 1 fully saturated rings. The molecule has 0 aliphatic heterocycles. The summed E-state index contributed by atoms with van der Waals surface area (Å²) in [6.45, 7) is 14.3. The largest absolute Gasteiger partial charge is 0.0654 e. The van der Waals surface area contributed by atoms with Crippen LogP contribution >= 0.6 is 0 Å². The van der Waals surface area contributed by atoms with Gasteiger partial charge in [0.15, 0.2) is 0 Å². The Hall–Kier alpha value is -1.56. The Morgan fingerprint density at radius 3 is 1.83 bits per heavy atom. The van der Waals surface area contributed by atoms with Crippen LogP contribution < -0.4 is 0 Å². The van der Waals surface area contributed by atoms with Crippen molar-refractivity contribution in [3.8, 4) is 11.1 Å². The molecule has 0 heterocycles. The summed E-state index contributed by atoms with van der Waals surface area (Å²) in [6, 6.07) is 15.1. The van der Waals surface area contributed by atoms with Gasteiger partial charge in [0.05, 0.1) is 0 Å². The summed E-state index contributed by atoms with van der Waals surface area (Å²) < 4.78 is 0. The van der Waals surface area contributed by atoms with Crippen molar-refractivity contribution in [1.82, 2.24) is 0 Å². The van der Waals surface area contributed by atoms with Crippen LogP contribution in [0.3, 0.4) is 0 Å². The first-order chi connectivity index (χ1) is 16.9. The molecular weight excluding hydrogens is 420 g/mol. The molecule has 0 saturated heterocycles. The molecule has 0 heteroatoms. The number of hydrogen-bond acceptors (Lipinski definition) is 0. The molecule has 2 unspecified atom stereocenters. The zero-order valence-electron chi connectivity index (χ0n) is 23.8. The normalized spacial score (nSPS) is 24.5. The third-order valence-electron chi connectivity index (χ3n) is 9.75. The number of unbranched alkanes of at least 4 members (excludes halogenated alkanes) is 2. The standard InChI is InChI=1S/C35H52/c1-7-11-13-27(9-3)23-35(24-28(10-4)14-12-8-2)33-21-25(5)15-17-31(33)32-18-16-29(22-34(32)35)30-19-26(6)20-30/h15-18,21-22,26-28,30H,7-14,19-20,23-24H2,1-6H3. The van der Waals surface area contributed by atoms with E-state index in [0.29, 0.717) is 0 Å². The first kappa shape index (κ1) is 26.5. The van der Waals surface area contributed by atoms with Gasteiger partial charge < -0.3 is 0 Å². The number of fused-ring (bicyclic) bond motifs is 3. The van der Waals surface area contributed by atoms with Crippen LogP contribution in [0, 0.1) is 24.7 Å². The minimum atomic E-state index is 0.185. The van der Waals surface area contributed by atoms with E-state index in [1.807, 2.05) is 0 Å². The van der Waals surface area contributed by atoms with E-state index < -0.39 is 0 Å². The van der Waals surface area contributed by atoms with E-state index in [2.05, 4.69) is 77.9 Å². The number of rotatable bonds is 13. The van der Waals surface area contributed by atoms with Crippen LogP contribution in [0.15, 0.2) is 36.4 Å². The van der Waals surface area contributed by atoms with Crippen LogP contribution in [0.1, 0.15) is 140 Å². The maximum Gasteiger partial charge on any atom is 0.0220 e. The summed E-state index contributed by atoms with van der Waals surface area (Å²) in [6.07, 6.45) is 16.2. The van der Waals surface area contributed by atoms with Crippen molar-refractivity contribution in [2.45, 2.75) is 130 Å². The second-order valence-corrected chi connectivity index (χ2v) is 12.5. The zero-order chi connectivity index (χ0) is 25.0. The second-order valence-electron chi connectivity index (χ2n) is 12.5. The summed E-state index contributed by atoms with van der Waals surface area (Å²) in [5.41, 5.74) is 9.68. The lowest BCUT2D eigenvalue weighted by molar-refractivity contribution is 0.264. The van der Waals surface area contributed by atoms with Crippen molar-refractivity contribution < 1.29 is 0 Å². The van der Waals surface area contributed by atoms with Gasteiger partial charge in [0.2, 0.25) is 0 Å². The zero-order valence-corrected chi connectivity index (χ0v) is 23.8. The molecule has 2 aromatic rings. The highest BCUT2D eigenvalue weighted by atomic mass is 14.5. The van der Waals surface area contributed by atoms with Gasteiger partial charge in [-0.15, -0.1) is 0 Å². The van der Waals surface area contributed by atoms with Gasteiger partial charge in [-0.2, -0.15) is 0 Å². The average molecular weight is 473 g/mol. The highest BCUT2D eigenvalue weighted by molar-refractivity contribution is 5.82. The SMILES string of the molecule is CCCCC(CC)CC1(CC(CC)CCCC)c2cc(C)ccc2-c2ccc(C3CC(C)C3)cc21. The summed E-state index contributed by atoms with van der Waals surface area (Å²) >= 11 is 0. The monoisotopic (exact) mass is 472 g/mol. The number of aryl methyl sites for hydroxylation is 1. The van der Waals surface area contributed by atoms with Crippen molar-refractivity contribution in [2.75, 3.05) is 0 Å². The molecule has 0 N–H and O–H groups in total. The number of benzene rings is 2. The molecule has 4 rings (SSSR count). The fraction of sp³-hybridized carbons (Fsp3) is 0.657. The topological polar surface area (TPSA) is 0 Å². The number of hydrogen-bond donors (Lipinski definition) is 0. The highest BCUT2D eigenvalue weighted by Crippen LogP contribution is 2.57. The molecule has 0 amide bonds. The Morgan fingerprint density at radius 1 is 0.771 bits per heavy atom. The van der Waals surface area contributed by atoms with Crippen LogP contribution in [-0.4, -0.2) is 0 Å². The second kappa shape index (κ2) is 11.7. The fourth-order valence-corrected chi connectivity index (χ4v) is 7.45. The lowest BCUT2D eigenvalue weighted by Gasteiger charge is -2.40. The Labute approximate surface area is 217 Å². The first-order valence-corrected chi connectivity index (χ1v) is 15.2. The summed E-state index contributed by atoms with van der Waals surface area (Å²) in [4.78, 5) is 0. The molecule has 192 valence electrons. The van der Waals surface area contributed by atoms with Gasteiger partial charge in [0, 0.05) is 5.41 Å².